The molecule has 0 saturated carbocycles. The molecule has 3 aromatic carbocycles. The zero-order chi connectivity index (χ0) is 26.9. The van der Waals surface area contributed by atoms with E-state index in [0.717, 1.165) is 34.0 Å². The van der Waals surface area contributed by atoms with Gasteiger partial charge in [0.1, 0.15) is 17.4 Å². The maximum atomic E-state index is 14.6. The molecule has 7 nitrogen and oxygen atoms in total. The van der Waals surface area contributed by atoms with Crippen molar-refractivity contribution in [3.8, 4) is 17.3 Å². The predicted octanol–water partition coefficient (Wildman–Crippen LogP) is 6.51. The zero-order valence-electron chi connectivity index (χ0n) is 21.7. The summed E-state index contributed by atoms with van der Waals surface area (Å²) in [4.78, 5) is 15.8. The van der Waals surface area contributed by atoms with Crippen LogP contribution in [0.1, 0.15) is 35.5 Å². The molecule has 1 atom stereocenters. The highest BCUT2D eigenvalue weighted by Gasteiger charge is 2.36. The lowest BCUT2D eigenvalue weighted by Gasteiger charge is -2.31. The van der Waals surface area contributed by atoms with E-state index < -0.39 is 17.9 Å². The summed E-state index contributed by atoms with van der Waals surface area (Å²) in [5.74, 6) is 1.08. The number of nitrogens with one attached hydrogen (secondary N) is 1. The van der Waals surface area contributed by atoms with Crippen LogP contribution in [0.3, 0.4) is 0 Å². The van der Waals surface area contributed by atoms with E-state index in [-0.39, 0.29) is 12.2 Å². The van der Waals surface area contributed by atoms with Gasteiger partial charge in [-0.1, -0.05) is 49.4 Å². The number of hydrogen-bond acceptors (Lipinski definition) is 3. The summed E-state index contributed by atoms with van der Waals surface area (Å²) in [5.41, 5.74) is 4.64. The number of amides is 2. The fraction of sp³-hybridized carbons (Fsp3) is 0.161. The van der Waals surface area contributed by atoms with E-state index in [1.165, 1.54) is 6.07 Å². The minimum Gasteiger partial charge on any atom is -0.497 e. The number of aromatic nitrogens is 3. The number of para-hydroxylation sites is 2. The molecule has 0 radical (unpaired) electrons. The van der Waals surface area contributed by atoms with E-state index in [1.54, 1.807) is 30.2 Å². The molecular formula is C31H28FN5O2. The number of hydrogen-bond donors (Lipinski definition) is 1. The second kappa shape index (κ2) is 10.1. The molecule has 2 amide bonds. The smallest absolute Gasteiger partial charge is 0.323 e. The standard InChI is InChI=1S/C31H28FN5O2/c1-3-26-24-20-36(31(38)33-27-16-8-7-15-25(27)32)29(21-11-9-14-23(19-21)39-2)28-17-10-18-35(28)30(24)37(34-26)22-12-5-4-6-13-22/h4-19,29H,3,20H2,1-2H3,(H,33,38)/t29-/m1/s1. The first-order chi connectivity index (χ1) is 19.1. The monoisotopic (exact) mass is 521 g/mol. The van der Waals surface area contributed by atoms with E-state index in [9.17, 15) is 9.18 Å². The Balaban J connectivity index is 1.56. The van der Waals surface area contributed by atoms with Crippen molar-refractivity contribution >= 4 is 11.7 Å². The van der Waals surface area contributed by atoms with E-state index >= 15 is 0 Å². The molecule has 5 aromatic rings. The van der Waals surface area contributed by atoms with Gasteiger partial charge in [0, 0.05) is 11.8 Å². The molecule has 2 aromatic heterocycles. The lowest BCUT2D eigenvalue weighted by molar-refractivity contribution is 0.194. The van der Waals surface area contributed by atoms with Crippen LogP contribution in [-0.2, 0) is 13.0 Å². The van der Waals surface area contributed by atoms with E-state index in [0.29, 0.717) is 12.2 Å². The second-order valence-corrected chi connectivity index (χ2v) is 9.37. The van der Waals surface area contributed by atoms with Gasteiger partial charge >= 0.3 is 6.03 Å². The molecule has 1 N–H and O–H groups in total. The van der Waals surface area contributed by atoms with Gasteiger partial charge in [0.2, 0.25) is 0 Å². The summed E-state index contributed by atoms with van der Waals surface area (Å²) >= 11 is 0. The number of carbonyl (C=O) groups excluding carboxylic acids is 1. The highest BCUT2D eigenvalue weighted by atomic mass is 19.1. The van der Waals surface area contributed by atoms with Crippen molar-refractivity contribution in [2.45, 2.75) is 25.9 Å². The van der Waals surface area contributed by atoms with Crippen LogP contribution in [0.25, 0.3) is 11.5 Å². The Labute approximate surface area is 226 Å². The molecule has 39 heavy (non-hydrogen) atoms. The summed E-state index contributed by atoms with van der Waals surface area (Å²) in [6, 6.07) is 26.9. The largest absolute Gasteiger partial charge is 0.497 e. The van der Waals surface area contributed by atoms with Gasteiger partial charge in [0.15, 0.2) is 0 Å². The van der Waals surface area contributed by atoms with Gasteiger partial charge in [-0.15, -0.1) is 0 Å². The topological polar surface area (TPSA) is 64.3 Å². The van der Waals surface area contributed by atoms with Crippen molar-refractivity contribution in [1.29, 1.82) is 0 Å². The van der Waals surface area contributed by atoms with E-state index in [1.807, 2.05) is 77.6 Å². The number of methoxy groups -OCH3 is 1. The molecule has 1 aliphatic rings. The molecule has 0 fully saturated rings. The van der Waals surface area contributed by atoms with Crippen LogP contribution in [0.15, 0.2) is 97.2 Å². The van der Waals surface area contributed by atoms with Gasteiger partial charge in [-0.3, -0.25) is 0 Å². The summed E-state index contributed by atoms with van der Waals surface area (Å²) in [6.07, 6.45) is 2.69. The Kier molecular flexibility index (Phi) is 6.36. The number of ether oxygens (including phenoxy) is 1. The van der Waals surface area contributed by atoms with E-state index in [4.69, 9.17) is 9.84 Å². The molecule has 0 unspecified atom stereocenters. The first-order valence-electron chi connectivity index (χ1n) is 12.9. The quantitative estimate of drug-likeness (QED) is 0.287. The van der Waals surface area contributed by atoms with Crippen molar-refractivity contribution in [3.63, 3.8) is 0 Å². The molecule has 0 bridgehead atoms. The van der Waals surface area contributed by atoms with Crippen LogP contribution in [0, 0.1) is 5.82 Å². The summed E-state index contributed by atoms with van der Waals surface area (Å²) in [5, 5.41) is 7.79. The molecule has 196 valence electrons. The van der Waals surface area contributed by atoms with Gasteiger partial charge in [-0.25, -0.2) is 13.9 Å². The lowest BCUT2D eigenvalue weighted by atomic mass is 10.0. The molecule has 6 rings (SSSR count). The molecule has 8 heteroatoms. The van der Waals surface area contributed by atoms with E-state index in [2.05, 4.69) is 16.8 Å². The van der Waals surface area contributed by atoms with Crippen molar-refractivity contribution in [2.75, 3.05) is 12.4 Å². The SMILES string of the molecule is CCc1nn(-c2ccccc2)c2c1CN(C(=O)Nc1ccccc1F)[C@H](c1cccc(OC)c1)c1cccn1-2. The molecule has 0 saturated heterocycles. The number of rotatable bonds is 5. The molecule has 0 spiro atoms. The van der Waals surface area contributed by atoms with Crippen LogP contribution in [0.2, 0.25) is 0 Å². The molecule has 1 aliphatic heterocycles. The average Bonchev–Trinajstić information content (AvgIpc) is 3.55. The van der Waals surface area contributed by atoms with Crippen LogP contribution in [0.4, 0.5) is 14.9 Å². The maximum absolute atomic E-state index is 14.6. The van der Waals surface area contributed by atoms with Crippen molar-refractivity contribution < 1.29 is 13.9 Å². The van der Waals surface area contributed by atoms with Gasteiger partial charge in [0.25, 0.3) is 0 Å². The summed E-state index contributed by atoms with van der Waals surface area (Å²) in [6.45, 7) is 2.33. The highest BCUT2D eigenvalue weighted by molar-refractivity contribution is 5.90. The highest BCUT2D eigenvalue weighted by Crippen LogP contribution is 2.39. The van der Waals surface area contributed by atoms with Gasteiger partial charge in [0.05, 0.1) is 42.5 Å². The Morgan fingerprint density at radius 2 is 1.82 bits per heavy atom. The molecular weight excluding hydrogens is 493 g/mol. The average molecular weight is 522 g/mol. The molecule has 3 heterocycles. The van der Waals surface area contributed by atoms with Gasteiger partial charge < -0.3 is 19.5 Å². The predicted molar refractivity (Wildman–Crippen MR) is 148 cm³/mol. The third kappa shape index (κ3) is 4.33. The number of halogens is 1. The number of urea groups is 1. The fourth-order valence-corrected chi connectivity index (χ4v) is 5.26. The third-order valence-electron chi connectivity index (χ3n) is 7.09. The lowest BCUT2D eigenvalue weighted by Crippen LogP contribution is -2.38. The van der Waals surface area contributed by atoms with Crippen molar-refractivity contribution in [1.82, 2.24) is 19.2 Å². The number of aryl methyl sites for hydroxylation is 1. The minimum absolute atomic E-state index is 0.127. The Morgan fingerprint density at radius 1 is 1.03 bits per heavy atom. The van der Waals surface area contributed by atoms with Crippen LogP contribution in [0.5, 0.6) is 5.75 Å². The zero-order valence-corrected chi connectivity index (χ0v) is 21.7. The second-order valence-electron chi connectivity index (χ2n) is 9.37. The van der Waals surface area contributed by atoms with Crippen LogP contribution >= 0.6 is 0 Å². The first kappa shape index (κ1) is 24.5. The Hall–Kier alpha value is -4.85. The number of fused-ring (bicyclic) bond motifs is 3. The van der Waals surface area contributed by atoms with Gasteiger partial charge in [-0.05, 0) is 60.5 Å². The maximum Gasteiger partial charge on any atom is 0.323 e. The number of nitrogens with zero attached hydrogens (tertiary/aromatic N) is 4. The third-order valence-corrected chi connectivity index (χ3v) is 7.09. The first-order valence-corrected chi connectivity index (χ1v) is 12.9. The minimum atomic E-state index is -0.492. The Morgan fingerprint density at radius 3 is 2.59 bits per heavy atom. The summed E-state index contributed by atoms with van der Waals surface area (Å²) < 4.78 is 24.2. The number of benzene rings is 3. The normalized spacial score (nSPS) is 14.3. The molecule has 0 aliphatic carbocycles. The number of anilines is 1. The van der Waals surface area contributed by atoms with Crippen LogP contribution in [-0.4, -0.2) is 32.4 Å². The van der Waals surface area contributed by atoms with Gasteiger partial charge in [-0.2, -0.15) is 5.10 Å². The fourth-order valence-electron chi connectivity index (χ4n) is 5.26. The Bertz CT molecular complexity index is 1640. The summed E-state index contributed by atoms with van der Waals surface area (Å²) in [7, 11) is 1.62. The van der Waals surface area contributed by atoms with Crippen molar-refractivity contribution in [3.05, 3.63) is 126 Å². The number of carbonyl (C=O) groups is 1. The van der Waals surface area contributed by atoms with Crippen LogP contribution < -0.4 is 10.1 Å². The van der Waals surface area contributed by atoms with Crippen molar-refractivity contribution in [2.24, 2.45) is 0 Å².